The fraction of sp³-hybridized carbons (Fsp3) is 1.00. The predicted molar refractivity (Wildman–Crippen MR) is 43.0 cm³/mol. The number of ether oxygens (including phenoxy) is 1. The van der Waals surface area contributed by atoms with Crippen LogP contribution < -0.4 is 0 Å². The van der Waals surface area contributed by atoms with Crippen LogP contribution in [-0.4, -0.2) is 12.7 Å². The first-order chi connectivity index (χ1) is 4.88. The van der Waals surface area contributed by atoms with Crippen molar-refractivity contribution in [3.63, 3.8) is 0 Å². The normalized spacial score (nSPS) is 26.4. The lowest BCUT2D eigenvalue weighted by Crippen LogP contribution is -2.06. The van der Waals surface area contributed by atoms with Gasteiger partial charge in [0.25, 0.3) is 0 Å². The van der Waals surface area contributed by atoms with Gasteiger partial charge in [0.1, 0.15) is 0 Å². The van der Waals surface area contributed by atoms with Gasteiger partial charge in [-0.3, -0.25) is 0 Å². The number of unbranched alkanes of at least 4 members (excludes halogenated alkanes) is 1. The molecule has 0 aliphatic carbocycles. The number of hydrogen-bond donors (Lipinski definition) is 0. The van der Waals surface area contributed by atoms with Gasteiger partial charge in [-0.25, -0.2) is 0 Å². The van der Waals surface area contributed by atoms with Crippen molar-refractivity contribution in [3.05, 3.63) is 0 Å². The van der Waals surface area contributed by atoms with Gasteiger partial charge in [0.2, 0.25) is 0 Å². The van der Waals surface area contributed by atoms with Gasteiger partial charge in [0.05, 0.1) is 12.7 Å². The quantitative estimate of drug-likeness (QED) is 0.537. The highest BCUT2D eigenvalue weighted by Crippen LogP contribution is 2.27. The van der Waals surface area contributed by atoms with Gasteiger partial charge in [0.15, 0.2) is 0 Å². The summed E-state index contributed by atoms with van der Waals surface area (Å²) in [5.41, 5.74) is 0. The Kier molecular flexibility index (Phi) is 3.20. The number of rotatable bonds is 5. The number of epoxide rings is 1. The monoisotopic (exact) mass is 142 g/mol. The molecular weight excluding hydrogens is 124 g/mol. The minimum atomic E-state index is 0.636. The van der Waals surface area contributed by atoms with Crippen molar-refractivity contribution in [2.75, 3.05) is 6.61 Å². The maximum absolute atomic E-state index is 5.26. The summed E-state index contributed by atoms with van der Waals surface area (Å²) in [4.78, 5) is 0. The standard InChI is InChI=1S/C9H18O/c1-3-5-6-8(4-2)9-7-10-9/h8-9H,3-7H2,1-2H3. The van der Waals surface area contributed by atoms with E-state index in [9.17, 15) is 0 Å². The summed E-state index contributed by atoms with van der Waals surface area (Å²) >= 11 is 0. The molecule has 0 aromatic carbocycles. The molecule has 1 fully saturated rings. The fourth-order valence-corrected chi connectivity index (χ4v) is 1.45. The first-order valence-electron chi connectivity index (χ1n) is 4.50. The molecule has 1 heteroatoms. The molecule has 0 saturated carbocycles. The highest BCUT2D eigenvalue weighted by molar-refractivity contribution is 4.77. The molecule has 1 heterocycles. The van der Waals surface area contributed by atoms with E-state index in [1.165, 1.54) is 25.7 Å². The van der Waals surface area contributed by atoms with Crippen molar-refractivity contribution >= 4 is 0 Å². The van der Waals surface area contributed by atoms with Gasteiger partial charge in [-0.05, 0) is 12.3 Å². The first-order valence-corrected chi connectivity index (χ1v) is 4.50. The van der Waals surface area contributed by atoms with Crippen molar-refractivity contribution in [3.8, 4) is 0 Å². The van der Waals surface area contributed by atoms with E-state index in [0.29, 0.717) is 6.10 Å². The molecule has 1 saturated heterocycles. The summed E-state index contributed by atoms with van der Waals surface area (Å²) in [6.07, 6.45) is 6.00. The van der Waals surface area contributed by atoms with Gasteiger partial charge >= 0.3 is 0 Å². The van der Waals surface area contributed by atoms with Crippen molar-refractivity contribution in [1.29, 1.82) is 0 Å². The molecule has 1 nitrogen and oxygen atoms in total. The second-order valence-corrected chi connectivity index (χ2v) is 3.18. The van der Waals surface area contributed by atoms with Crippen LogP contribution in [0.5, 0.6) is 0 Å². The van der Waals surface area contributed by atoms with Crippen LogP contribution >= 0.6 is 0 Å². The van der Waals surface area contributed by atoms with Crippen LogP contribution in [0, 0.1) is 5.92 Å². The Morgan fingerprint density at radius 2 is 2.20 bits per heavy atom. The SMILES string of the molecule is CCCCC(CC)C1CO1. The zero-order valence-electron chi connectivity index (χ0n) is 7.10. The summed E-state index contributed by atoms with van der Waals surface area (Å²) in [7, 11) is 0. The summed E-state index contributed by atoms with van der Waals surface area (Å²) in [6, 6.07) is 0. The van der Waals surface area contributed by atoms with Crippen molar-refractivity contribution < 1.29 is 4.74 Å². The Labute approximate surface area is 63.8 Å². The molecule has 0 aromatic heterocycles. The molecule has 60 valence electrons. The first kappa shape index (κ1) is 8.06. The molecule has 0 radical (unpaired) electrons. The molecule has 1 rings (SSSR count). The fourth-order valence-electron chi connectivity index (χ4n) is 1.45. The average molecular weight is 142 g/mol. The highest BCUT2D eigenvalue weighted by Gasteiger charge is 2.30. The lowest BCUT2D eigenvalue weighted by molar-refractivity contribution is 0.304. The largest absolute Gasteiger partial charge is 0.373 e. The van der Waals surface area contributed by atoms with Crippen LogP contribution in [-0.2, 0) is 4.74 Å². The maximum atomic E-state index is 5.26. The zero-order valence-corrected chi connectivity index (χ0v) is 7.10. The Morgan fingerprint density at radius 3 is 2.60 bits per heavy atom. The minimum Gasteiger partial charge on any atom is -0.373 e. The van der Waals surface area contributed by atoms with E-state index in [0.717, 1.165) is 12.5 Å². The lowest BCUT2D eigenvalue weighted by atomic mass is 9.96. The van der Waals surface area contributed by atoms with Crippen LogP contribution in [0.3, 0.4) is 0 Å². The van der Waals surface area contributed by atoms with Crippen LogP contribution in [0.1, 0.15) is 39.5 Å². The highest BCUT2D eigenvalue weighted by atomic mass is 16.6. The number of hydrogen-bond acceptors (Lipinski definition) is 1. The third-order valence-electron chi connectivity index (χ3n) is 2.34. The van der Waals surface area contributed by atoms with Crippen LogP contribution in [0.15, 0.2) is 0 Å². The Balaban J connectivity index is 2.07. The van der Waals surface area contributed by atoms with E-state index in [2.05, 4.69) is 13.8 Å². The van der Waals surface area contributed by atoms with E-state index in [1.807, 2.05) is 0 Å². The average Bonchev–Trinajstić information content (AvgIpc) is 2.73. The van der Waals surface area contributed by atoms with Crippen molar-refractivity contribution in [1.82, 2.24) is 0 Å². The van der Waals surface area contributed by atoms with E-state index in [-0.39, 0.29) is 0 Å². The van der Waals surface area contributed by atoms with Crippen LogP contribution in [0.25, 0.3) is 0 Å². The molecule has 0 bridgehead atoms. The molecule has 0 spiro atoms. The molecule has 1 aliphatic rings. The summed E-state index contributed by atoms with van der Waals surface area (Å²) in [5, 5.41) is 0. The van der Waals surface area contributed by atoms with Crippen LogP contribution in [0.4, 0.5) is 0 Å². The van der Waals surface area contributed by atoms with E-state index < -0.39 is 0 Å². The van der Waals surface area contributed by atoms with Gasteiger partial charge in [-0.2, -0.15) is 0 Å². The van der Waals surface area contributed by atoms with E-state index >= 15 is 0 Å². The Hall–Kier alpha value is -0.0400. The van der Waals surface area contributed by atoms with Gasteiger partial charge in [0, 0.05) is 0 Å². The molecule has 0 aromatic rings. The predicted octanol–water partition coefficient (Wildman–Crippen LogP) is 2.60. The van der Waals surface area contributed by atoms with E-state index in [1.54, 1.807) is 0 Å². The van der Waals surface area contributed by atoms with Crippen LogP contribution in [0.2, 0.25) is 0 Å². The summed E-state index contributed by atoms with van der Waals surface area (Å²) in [5.74, 6) is 0.861. The Bertz CT molecular complexity index is 86.7. The smallest absolute Gasteiger partial charge is 0.0837 e. The van der Waals surface area contributed by atoms with E-state index in [4.69, 9.17) is 4.74 Å². The molecule has 10 heavy (non-hydrogen) atoms. The summed E-state index contributed by atoms with van der Waals surface area (Å²) < 4.78 is 5.26. The molecule has 1 aliphatic heterocycles. The minimum absolute atomic E-state index is 0.636. The topological polar surface area (TPSA) is 12.5 Å². The summed E-state index contributed by atoms with van der Waals surface area (Å²) in [6.45, 7) is 5.55. The molecular formula is C9H18O. The van der Waals surface area contributed by atoms with Crippen molar-refractivity contribution in [2.24, 2.45) is 5.92 Å². The molecule has 2 atom stereocenters. The third-order valence-corrected chi connectivity index (χ3v) is 2.34. The second kappa shape index (κ2) is 3.97. The third kappa shape index (κ3) is 2.30. The Morgan fingerprint density at radius 1 is 1.50 bits per heavy atom. The second-order valence-electron chi connectivity index (χ2n) is 3.18. The molecule has 2 unspecified atom stereocenters. The zero-order chi connectivity index (χ0) is 7.40. The molecule has 0 N–H and O–H groups in total. The lowest BCUT2D eigenvalue weighted by Gasteiger charge is -2.09. The van der Waals surface area contributed by atoms with Gasteiger partial charge in [-0.15, -0.1) is 0 Å². The van der Waals surface area contributed by atoms with Crippen molar-refractivity contribution in [2.45, 2.75) is 45.6 Å². The van der Waals surface area contributed by atoms with Gasteiger partial charge < -0.3 is 4.74 Å². The maximum Gasteiger partial charge on any atom is 0.0837 e. The molecule has 0 amide bonds. The van der Waals surface area contributed by atoms with Gasteiger partial charge in [-0.1, -0.05) is 33.1 Å².